The second kappa shape index (κ2) is 4.72. The SMILES string of the molecule is OC(CC1Cc2ccccc21)c1cc2ccccc2s1. The summed E-state index contributed by atoms with van der Waals surface area (Å²) in [5, 5.41) is 11.7. The van der Waals surface area contributed by atoms with Crippen LogP contribution in [0, 0.1) is 0 Å². The molecule has 2 unspecified atom stereocenters. The van der Waals surface area contributed by atoms with E-state index in [9.17, 15) is 5.11 Å². The Hall–Kier alpha value is -1.64. The molecule has 1 N–H and O–H groups in total. The molecule has 100 valence electrons. The standard InChI is InChI=1S/C18H16OS/c19-16(10-14-9-12-5-1-3-7-15(12)14)18-11-13-6-2-4-8-17(13)20-18/h1-8,11,14,16,19H,9-10H2. The summed E-state index contributed by atoms with van der Waals surface area (Å²) >= 11 is 1.71. The largest absolute Gasteiger partial charge is 0.388 e. The lowest BCUT2D eigenvalue weighted by molar-refractivity contribution is 0.157. The number of aliphatic hydroxyl groups is 1. The third-order valence-corrected chi connectivity index (χ3v) is 5.46. The van der Waals surface area contributed by atoms with Gasteiger partial charge in [-0.3, -0.25) is 0 Å². The van der Waals surface area contributed by atoms with Gasteiger partial charge >= 0.3 is 0 Å². The highest BCUT2D eigenvalue weighted by atomic mass is 32.1. The van der Waals surface area contributed by atoms with Crippen molar-refractivity contribution in [1.29, 1.82) is 0 Å². The molecule has 0 saturated heterocycles. The van der Waals surface area contributed by atoms with Crippen molar-refractivity contribution in [2.45, 2.75) is 24.9 Å². The zero-order chi connectivity index (χ0) is 13.5. The molecule has 0 saturated carbocycles. The Morgan fingerprint density at radius 1 is 1.10 bits per heavy atom. The van der Waals surface area contributed by atoms with Crippen LogP contribution in [0.1, 0.15) is 34.4 Å². The predicted octanol–water partition coefficient (Wildman–Crippen LogP) is 4.66. The van der Waals surface area contributed by atoms with Gasteiger partial charge in [0.2, 0.25) is 0 Å². The fourth-order valence-electron chi connectivity index (χ4n) is 3.13. The van der Waals surface area contributed by atoms with Crippen LogP contribution in [-0.4, -0.2) is 5.11 Å². The Labute approximate surface area is 122 Å². The number of benzene rings is 2. The molecule has 1 heterocycles. The molecule has 20 heavy (non-hydrogen) atoms. The Bertz CT molecular complexity index is 726. The van der Waals surface area contributed by atoms with E-state index in [4.69, 9.17) is 0 Å². The number of hydrogen-bond acceptors (Lipinski definition) is 2. The number of rotatable bonds is 3. The third-order valence-electron chi connectivity index (χ3n) is 4.24. The fourth-order valence-corrected chi connectivity index (χ4v) is 4.19. The maximum atomic E-state index is 10.5. The van der Waals surface area contributed by atoms with Crippen molar-refractivity contribution in [3.63, 3.8) is 0 Å². The van der Waals surface area contributed by atoms with Crippen molar-refractivity contribution >= 4 is 21.4 Å². The van der Waals surface area contributed by atoms with Gasteiger partial charge in [-0.05, 0) is 47.4 Å². The van der Waals surface area contributed by atoms with Crippen molar-refractivity contribution in [2.24, 2.45) is 0 Å². The zero-order valence-corrected chi connectivity index (χ0v) is 11.9. The minimum Gasteiger partial charge on any atom is -0.388 e. The molecule has 1 aliphatic rings. The quantitative estimate of drug-likeness (QED) is 0.739. The van der Waals surface area contributed by atoms with Crippen LogP contribution in [-0.2, 0) is 6.42 Å². The van der Waals surface area contributed by atoms with Gasteiger partial charge < -0.3 is 5.11 Å². The molecule has 2 aromatic carbocycles. The smallest absolute Gasteiger partial charge is 0.0888 e. The molecule has 0 amide bonds. The lowest BCUT2D eigenvalue weighted by Gasteiger charge is -2.31. The van der Waals surface area contributed by atoms with Crippen molar-refractivity contribution in [3.05, 3.63) is 70.6 Å². The third kappa shape index (κ3) is 1.96. The highest BCUT2D eigenvalue weighted by Gasteiger charge is 2.28. The molecular weight excluding hydrogens is 264 g/mol. The summed E-state index contributed by atoms with van der Waals surface area (Å²) in [6, 6.07) is 19.0. The molecule has 2 atom stereocenters. The predicted molar refractivity (Wildman–Crippen MR) is 84.3 cm³/mol. The highest BCUT2D eigenvalue weighted by molar-refractivity contribution is 7.19. The topological polar surface area (TPSA) is 20.2 Å². The highest BCUT2D eigenvalue weighted by Crippen LogP contribution is 2.42. The fraction of sp³-hybridized carbons (Fsp3) is 0.222. The maximum absolute atomic E-state index is 10.5. The second-order valence-corrected chi connectivity index (χ2v) is 6.65. The summed E-state index contributed by atoms with van der Waals surface area (Å²) in [5.41, 5.74) is 2.87. The molecular formula is C18H16OS. The zero-order valence-electron chi connectivity index (χ0n) is 11.1. The van der Waals surface area contributed by atoms with Gasteiger partial charge in [-0.1, -0.05) is 42.5 Å². The van der Waals surface area contributed by atoms with Crippen molar-refractivity contribution in [2.75, 3.05) is 0 Å². The van der Waals surface area contributed by atoms with Gasteiger partial charge in [-0.2, -0.15) is 0 Å². The summed E-state index contributed by atoms with van der Waals surface area (Å²) in [6.45, 7) is 0. The van der Waals surface area contributed by atoms with E-state index in [0.29, 0.717) is 5.92 Å². The number of thiophene rings is 1. The summed E-state index contributed by atoms with van der Waals surface area (Å²) in [5.74, 6) is 0.520. The van der Waals surface area contributed by atoms with Crippen molar-refractivity contribution in [1.82, 2.24) is 0 Å². The van der Waals surface area contributed by atoms with E-state index in [-0.39, 0.29) is 6.10 Å². The van der Waals surface area contributed by atoms with Crippen molar-refractivity contribution < 1.29 is 5.11 Å². The van der Waals surface area contributed by atoms with E-state index in [0.717, 1.165) is 17.7 Å². The van der Waals surface area contributed by atoms with E-state index in [1.807, 2.05) is 6.07 Å². The van der Waals surface area contributed by atoms with Crippen LogP contribution in [0.4, 0.5) is 0 Å². The summed E-state index contributed by atoms with van der Waals surface area (Å²) < 4.78 is 1.26. The first-order chi connectivity index (χ1) is 9.81. The average molecular weight is 280 g/mol. The molecule has 0 bridgehead atoms. The van der Waals surface area contributed by atoms with Gasteiger partial charge in [-0.15, -0.1) is 11.3 Å². The van der Waals surface area contributed by atoms with Gasteiger partial charge in [-0.25, -0.2) is 0 Å². The Morgan fingerprint density at radius 3 is 2.75 bits per heavy atom. The molecule has 2 heteroatoms. The Morgan fingerprint density at radius 2 is 1.90 bits per heavy atom. The van der Waals surface area contributed by atoms with Crippen LogP contribution < -0.4 is 0 Å². The van der Waals surface area contributed by atoms with Gasteiger partial charge in [0.1, 0.15) is 0 Å². The lowest BCUT2D eigenvalue weighted by atomic mass is 9.75. The first kappa shape index (κ1) is 12.1. The number of aliphatic hydroxyl groups excluding tert-OH is 1. The maximum Gasteiger partial charge on any atom is 0.0888 e. The molecule has 0 radical (unpaired) electrons. The van der Waals surface area contributed by atoms with Crippen LogP contribution in [0.3, 0.4) is 0 Å². The van der Waals surface area contributed by atoms with Gasteiger partial charge in [0, 0.05) is 9.58 Å². The van der Waals surface area contributed by atoms with E-state index < -0.39 is 0 Å². The number of hydrogen-bond donors (Lipinski definition) is 1. The first-order valence-electron chi connectivity index (χ1n) is 7.05. The van der Waals surface area contributed by atoms with Crippen LogP contribution in [0.5, 0.6) is 0 Å². The van der Waals surface area contributed by atoms with E-state index in [1.54, 1.807) is 11.3 Å². The van der Waals surface area contributed by atoms with E-state index in [1.165, 1.54) is 21.2 Å². The molecule has 1 aromatic heterocycles. The molecule has 0 fully saturated rings. The number of fused-ring (bicyclic) bond motifs is 2. The van der Waals surface area contributed by atoms with Crippen LogP contribution in [0.25, 0.3) is 10.1 Å². The summed E-state index contributed by atoms with van der Waals surface area (Å²) in [4.78, 5) is 1.09. The molecule has 0 spiro atoms. The summed E-state index contributed by atoms with van der Waals surface area (Å²) in [6.07, 6.45) is 1.60. The molecule has 1 aliphatic carbocycles. The molecule has 0 aliphatic heterocycles. The molecule has 4 rings (SSSR count). The second-order valence-electron chi connectivity index (χ2n) is 5.54. The van der Waals surface area contributed by atoms with Gasteiger partial charge in [0.25, 0.3) is 0 Å². The van der Waals surface area contributed by atoms with Crippen LogP contribution in [0.15, 0.2) is 54.6 Å². The van der Waals surface area contributed by atoms with E-state index in [2.05, 4.69) is 48.5 Å². The minimum absolute atomic E-state index is 0.342. The summed E-state index contributed by atoms with van der Waals surface area (Å²) in [7, 11) is 0. The molecule has 3 aromatic rings. The Kier molecular flexibility index (Phi) is 2.86. The van der Waals surface area contributed by atoms with Gasteiger partial charge in [0.15, 0.2) is 0 Å². The average Bonchev–Trinajstić information content (AvgIpc) is 2.88. The minimum atomic E-state index is -0.342. The lowest BCUT2D eigenvalue weighted by Crippen LogP contribution is -2.19. The van der Waals surface area contributed by atoms with Crippen LogP contribution in [0.2, 0.25) is 0 Å². The first-order valence-corrected chi connectivity index (χ1v) is 7.87. The Balaban J connectivity index is 1.55. The van der Waals surface area contributed by atoms with Crippen LogP contribution >= 0.6 is 11.3 Å². The van der Waals surface area contributed by atoms with Crippen molar-refractivity contribution in [3.8, 4) is 0 Å². The normalized spacial score (nSPS) is 18.6. The molecule has 1 nitrogen and oxygen atoms in total. The van der Waals surface area contributed by atoms with Gasteiger partial charge in [0.05, 0.1) is 6.10 Å². The monoisotopic (exact) mass is 280 g/mol. The van der Waals surface area contributed by atoms with E-state index >= 15 is 0 Å².